The van der Waals surface area contributed by atoms with E-state index in [9.17, 15) is 4.79 Å². The summed E-state index contributed by atoms with van der Waals surface area (Å²) in [5.41, 5.74) is 1.77. The van der Waals surface area contributed by atoms with Gasteiger partial charge in [0.25, 0.3) is 0 Å². The third-order valence-electron chi connectivity index (χ3n) is 10.9. The van der Waals surface area contributed by atoms with Gasteiger partial charge in [-0.15, -0.1) is 0 Å². The number of hydrogen-bond acceptors (Lipinski definition) is 2. The van der Waals surface area contributed by atoms with E-state index in [-0.39, 0.29) is 5.41 Å². The lowest BCUT2D eigenvalue weighted by atomic mass is 9.45. The maximum Gasteiger partial charge on any atom is 0.192 e. The molecule has 30 heavy (non-hydrogen) atoms. The largest absolute Gasteiger partial charge is 0.414 e. The molecule has 4 rings (SSSR count). The number of rotatable bonds is 2. The SMILES string of the molecule is C/C=C1/C(=O)C[C@H]2[C@@H]3CCC4C[C@@H](O[Si](C)(C)C(C)(C)C)CC[C@]4(C)[C@H]3CC[C@]12C. The fourth-order valence-electron chi connectivity index (χ4n) is 8.07. The van der Waals surface area contributed by atoms with Crippen LogP contribution in [0.5, 0.6) is 0 Å². The first-order valence-corrected chi connectivity index (χ1v) is 15.6. The summed E-state index contributed by atoms with van der Waals surface area (Å²) in [6, 6.07) is 0. The van der Waals surface area contributed by atoms with E-state index in [2.05, 4.69) is 60.7 Å². The molecular weight excluding hydrogens is 384 g/mol. The molecule has 0 bridgehead atoms. The van der Waals surface area contributed by atoms with Crippen molar-refractivity contribution < 1.29 is 9.22 Å². The highest BCUT2D eigenvalue weighted by Gasteiger charge is 2.60. The van der Waals surface area contributed by atoms with Crippen molar-refractivity contribution in [3.05, 3.63) is 11.6 Å². The molecule has 0 aromatic carbocycles. The molecule has 0 N–H and O–H groups in total. The van der Waals surface area contributed by atoms with Gasteiger partial charge in [-0.25, -0.2) is 0 Å². The predicted octanol–water partition coefficient (Wildman–Crippen LogP) is 7.54. The fourth-order valence-corrected chi connectivity index (χ4v) is 9.47. The van der Waals surface area contributed by atoms with Gasteiger partial charge in [-0.2, -0.15) is 0 Å². The Morgan fingerprint density at radius 3 is 2.37 bits per heavy atom. The second-order valence-electron chi connectivity index (χ2n) is 13.2. The molecular formula is C27H46O2Si. The Bertz CT molecular complexity index is 732. The number of Topliss-reactive ketones (excluding diaryl/α,β-unsaturated/α-hetero) is 1. The Morgan fingerprint density at radius 2 is 1.73 bits per heavy atom. The molecule has 0 heterocycles. The van der Waals surface area contributed by atoms with Gasteiger partial charge in [0.05, 0.1) is 0 Å². The van der Waals surface area contributed by atoms with Gasteiger partial charge in [-0.1, -0.05) is 40.7 Å². The Balaban J connectivity index is 1.51. The van der Waals surface area contributed by atoms with Crippen molar-refractivity contribution >= 4 is 14.1 Å². The van der Waals surface area contributed by atoms with Crippen LogP contribution < -0.4 is 0 Å². The fraction of sp³-hybridized carbons (Fsp3) is 0.889. The molecule has 0 aromatic rings. The molecule has 4 aliphatic rings. The average Bonchev–Trinajstić information content (AvgIpc) is 2.90. The second kappa shape index (κ2) is 7.30. The molecule has 170 valence electrons. The van der Waals surface area contributed by atoms with E-state index in [0.29, 0.717) is 28.3 Å². The smallest absolute Gasteiger partial charge is 0.192 e. The molecule has 7 atom stereocenters. The highest BCUT2D eigenvalue weighted by molar-refractivity contribution is 6.74. The summed E-state index contributed by atoms with van der Waals surface area (Å²) in [5.74, 6) is 3.42. The van der Waals surface area contributed by atoms with Gasteiger partial charge in [-0.05, 0) is 110 Å². The van der Waals surface area contributed by atoms with E-state index in [1.165, 1.54) is 44.9 Å². The van der Waals surface area contributed by atoms with Crippen LogP contribution in [0, 0.1) is 34.5 Å². The quantitative estimate of drug-likeness (QED) is 0.334. The lowest BCUT2D eigenvalue weighted by molar-refractivity contribution is -0.119. The molecule has 0 radical (unpaired) electrons. The minimum Gasteiger partial charge on any atom is -0.414 e. The summed E-state index contributed by atoms with van der Waals surface area (Å²) < 4.78 is 6.89. The van der Waals surface area contributed by atoms with Crippen molar-refractivity contribution in [3.8, 4) is 0 Å². The first-order chi connectivity index (χ1) is 13.8. The number of allylic oxidation sites excluding steroid dienone is 2. The average molecular weight is 431 g/mol. The molecule has 0 aromatic heterocycles. The van der Waals surface area contributed by atoms with Crippen LogP contribution in [0.4, 0.5) is 0 Å². The van der Waals surface area contributed by atoms with Crippen LogP contribution in [-0.2, 0) is 9.22 Å². The topological polar surface area (TPSA) is 26.3 Å². The molecule has 3 heteroatoms. The molecule has 0 aliphatic heterocycles. The zero-order valence-corrected chi connectivity index (χ0v) is 21.9. The van der Waals surface area contributed by atoms with Gasteiger partial charge >= 0.3 is 0 Å². The highest BCUT2D eigenvalue weighted by atomic mass is 28.4. The molecule has 0 saturated heterocycles. The predicted molar refractivity (Wildman–Crippen MR) is 128 cm³/mol. The standard InChI is InChI=1S/C27H46O2Si/c1-9-21-24(28)17-23-20-11-10-18-16-19(29-30(7,8)25(2,3)4)12-14-26(18,5)22(20)13-15-27(21,23)6/h9,18-20,22-23H,10-17H2,1-8H3/b21-9-/t18?,19-,20+,22-,23-,26-,27+/m0/s1. The van der Waals surface area contributed by atoms with Crippen LogP contribution >= 0.6 is 0 Å². The van der Waals surface area contributed by atoms with Crippen LogP contribution in [0.1, 0.15) is 92.9 Å². The van der Waals surface area contributed by atoms with Gasteiger partial charge in [0.1, 0.15) is 0 Å². The lowest BCUT2D eigenvalue weighted by Crippen LogP contribution is -2.54. The van der Waals surface area contributed by atoms with Crippen molar-refractivity contribution in [2.75, 3.05) is 0 Å². The zero-order valence-electron chi connectivity index (χ0n) is 20.9. The van der Waals surface area contributed by atoms with E-state index in [4.69, 9.17) is 4.43 Å². The summed E-state index contributed by atoms with van der Waals surface area (Å²) in [6.07, 6.45) is 12.5. The van der Waals surface area contributed by atoms with E-state index in [1.54, 1.807) is 0 Å². The zero-order chi connectivity index (χ0) is 22.1. The van der Waals surface area contributed by atoms with Crippen molar-refractivity contribution in [2.24, 2.45) is 34.5 Å². The minimum atomic E-state index is -1.70. The Labute approximate surface area is 186 Å². The maximum atomic E-state index is 12.8. The van der Waals surface area contributed by atoms with Crippen LogP contribution in [0.2, 0.25) is 18.1 Å². The van der Waals surface area contributed by atoms with E-state index >= 15 is 0 Å². The van der Waals surface area contributed by atoms with E-state index < -0.39 is 8.32 Å². The van der Waals surface area contributed by atoms with Crippen LogP contribution in [0.15, 0.2) is 11.6 Å². The van der Waals surface area contributed by atoms with Gasteiger partial charge in [0, 0.05) is 12.5 Å². The second-order valence-corrected chi connectivity index (χ2v) is 18.0. The summed E-state index contributed by atoms with van der Waals surface area (Å²) in [7, 11) is -1.70. The number of carbonyl (C=O) groups excluding carboxylic acids is 1. The first-order valence-electron chi connectivity index (χ1n) is 12.7. The summed E-state index contributed by atoms with van der Waals surface area (Å²) in [5, 5.41) is 0.290. The molecule has 1 unspecified atom stereocenters. The summed E-state index contributed by atoms with van der Waals surface area (Å²) in [4.78, 5) is 12.8. The molecule has 4 aliphatic carbocycles. The number of hydrogen-bond donors (Lipinski definition) is 0. The molecule has 2 nitrogen and oxygen atoms in total. The molecule has 0 spiro atoms. The van der Waals surface area contributed by atoms with Crippen LogP contribution in [-0.4, -0.2) is 20.2 Å². The summed E-state index contributed by atoms with van der Waals surface area (Å²) in [6.45, 7) is 19.0. The van der Waals surface area contributed by atoms with Crippen molar-refractivity contribution in [1.29, 1.82) is 0 Å². The van der Waals surface area contributed by atoms with Crippen molar-refractivity contribution in [2.45, 2.75) is 117 Å². The molecule has 4 saturated carbocycles. The van der Waals surface area contributed by atoms with Gasteiger partial charge in [-0.3, -0.25) is 4.79 Å². The van der Waals surface area contributed by atoms with Crippen LogP contribution in [0.3, 0.4) is 0 Å². The Kier molecular flexibility index (Phi) is 5.54. The number of fused-ring (bicyclic) bond motifs is 5. The number of ketones is 1. The van der Waals surface area contributed by atoms with Crippen LogP contribution in [0.25, 0.3) is 0 Å². The minimum absolute atomic E-state index is 0.152. The molecule has 4 fully saturated rings. The van der Waals surface area contributed by atoms with Crippen molar-refractivity contribution in [3.63, 3.8) is 0 Å². The van der Waals surface area contributed by atoms with Crippen molar-refractivity contribution in [1.82, 2.24) is 0 Å². The highest BCUT2D eigenvalue weighted by Crippen LogP contribution is 2.67. The Morgan fingerprint density at radius 1 is 1.03 bits per heavy atom. The lowest BCUT2D eigenvalue weighted by Gasteiger charge is -2.61. The number of carbonyl (C=O) groups is 1. The van der Waals surface area contributed by atoms with Gasteiger partial charge in [0.2, 0.25) is 0 Å². The first kappa shape index (κ1) is 22.8. The van der Waals surface area contributed by atoms with Gasteiger partial charge < -0.3 is 4.43 Å². The van der Waals surface area contributed by atoms with Gasteiger partial charge in [0.15, 0.2) is 14.1 Å². The maximum absolute atomic E-state index is 12.8. The van der Waals surface area contributed by atoms with E-state index in [1.807, 2.05) is 0 Å². The van der Waals surface area contributed by atoms with E-state index in [0.717, 1.165) is 29.7 Å². The summed E-state index contributed by atoms with van der Waals surface area (Å²) >= 11 is 0. The molecule has 0 amide bonds. The monoisotopic (exact) mass is 430 g/mol. The Hall–Kier alpha value is -0.413. The third kappa shape index (κ3) is 3.32. The normalized spacial score (nSPS) is 45.8. The third-order valence-corrected chi connectivity index (χ3v) is 15.4.